The van der Waals surface area contributed by atoms with E-state index in [1.54, 1.807) is 24.3 Å². The lowest BCUT2D eigenvalue weighted by atomic mass is 10.1. The maximum atomic E-state index is 11.4. The first-order valence-corrected chi connectivity index (χ1v) is 4.42. The number of hydrogen-bond acceptors (Lipinski definition) is 2. The summed E-state index contributed by atoms with van der Waals surface area (Å²) in [5.74, 6) is 0.170. The maximum Gasteiger partial charge on any atom is 0.162 e. The third kappa shape index (κ3) is 2.90. The van der Waals surface area contributed by atoms with Crippen molar-refractivity contribution in [3.8, 4) is 0 Å². The monoisotopic (exact) mass is 176 g/mol. The predicted molar refractivity (Wildman–Crippen MR) is 54.4 cm³/mol. The molecule has 0 bridgehead atoms. The van der Waals surface area contributed by atoms with Gasteiger partial charge in [-0.05, 0) is 30.7 Å². The molecule has 2 nitrogen and oxygen atoms in total. The summed E-state index contributed by atoms with van der Waals surface area (Å²) in [4.78, 5) is 11.4. The minimum Gasteiger partial charge on any atom is -0.399 e. The number of ketones is 1. The second-order valence-electron chi connectivity index (χ2n) is 3.00. The number of unbranched alkanes of at least 4 members (excludes halogenated alkanes) is 1. The van der Waals surface area contributed by atoms with E-state index >= 15 is 0 Å². The van der Waals surface area contributed by atoms with Crippen LogP contribution >= 0.6 is 0 Å². The van der Waals surface area contributed by atoms with Gasteiger partial charge in [0.1, 0.15) is 0 Å². The molecule has 1 rings (SSSR count). The van der Waals surface area contributed by atoms with Crippen LogP contribution in [0.15, 0.2) is 24.3 Å². The number of nitrogen functional groups attached to an aromatic ring is 1. The highest BCUT2D eigenvalue weighted by Crippen LogP contribution is 2.09. The van der Waals surface area contributed by atoms with Gasteiger partial charge in [0.15, 0.2) is 5.78 Å². The smallest absolute Gasteiger partial charge is 0.162 e. The van der Waals surface area contributed by atoms with Crippen LogP contribution in [0.25, 0.3) is 0 Å². The minimum atomic E-state index is 0.170. The van der Waals surface area contributed by atoms with Gasteiger partial charge in [-0.25, -0.2) is 0 Å². The molecule has 0 amide bonds. The van der Waals surface area contributed by atoms with Gasteiger partial charge in [-0.1, -0.05) is 13.3 Å². The molecular formula is C11H14NO. The lowest BCUT2D eigenvalue weighted by Crippen LogP contribution is -1.98. The van der Waals surface area contributed by atoms with Crippen LogP contribution in [0.3, 0.4) is 0 Å². The first-order chi connectivity index (χ1) is 6.24. The summed E-state index contributed by atoms with van der Waals surface area (Å²) in [7, 11) is 0. The van der Waals surface area contributed by atoms with E-state index in [0.717, 1.165) is 18.4 Å². The Morgan fingerprint density at radius 2 is 1.92 bits per heavy atom. The molecule has 0 aliphatic carbocycles. The van der Waals surface area contributed by atoms with Crippen LogP contribution < -0.4 is 5.73 Å². The van der Waals surface area contributed by atoms with Gasteiger partial charge in [-0.3, -0.25) is 4.79 Å². The van der Waals surface area contributed by atoms with Crippen LogP contribution in [0, 0.1) is 6.92 Å². The average molecular weight is 176 g/mol. The van der Waals surface area contributed by atoms with E-state index in [2.05, 4.69) is 6.92 Å². The third-order valence-electron chi connectivity index (χ3n) is 1.89. The molecule has 0 aliphatic rings. The standard InChI is InChI=1S/C11H14NO/c1-2-3-4-11(13)9-5-7-10(12)8-6-9/h5-8H,1-4,12H2. The quantitative estimate of drug-likeness (QED) is 0.565. The maximum absolute atomic E-state index is 11.4. The van der Waals surface area contributed by atoms with E-state index in [1.165, 1.54) is 0 Å². The Morgan fingerprint density at radius 3 is 2.46 bits per heavy atom. The summed E-state index contributed by atoms with van der Waals surface area (Å²) < 4.78 is 0. The Morgan fingerprint density at radius 1 is 1.31 bits per heavy atom. The fraction of sp³-hybridized carbons (Fsp3) is 0.273. The fourth-order valence-electron chi connectivity index (χ4n) is 1.10. The molecule has 0 spiro atoms. The summed E-state index contributed by atoms with van der Waals surface area (Å²) in [6, 6.07) is 7.02. The first kappa shape index (κ1) is 9.78. The zero-order valence-electron chi connectivity index (χ0n) is 7.62. The van der Waals surface area contributed by atoms with Crippen LogP contribution in [-0.2, 0) is 0 Å². The highest BCUT2D eigenvalue weighted by atomic mass is 16.1. The summed E-state index contributed by atoms with van der Waals surface area (Å²) in [5.41, 5.74) is 6.93. The van der Waals surface area contributed by atoms with Gasteiger partial charge in [-0.2, -0.15) is 0 Å². The van der Waals surface area contributed by atoms with E-state index in [1.807, 2.05) is 0 Å². The topological polar surface area (TPSA) is 43.1 Å². The Hall–Kier alpha value is -1.31. The van der Waals surface area contributed by atoms with Crippen molar-refractivity contribution in [2.45, 2.75) is 19.3 Å². The van der Waals surface area contributed by atoms with Crippen molar-refractivity contribution in [1.29, 1.82) is 0 Å². The van der Waals surface area contributed by atoms with E-state index in [9.17, 15) is 4.79 Å². The lowest BCUT2D eigenvalue weighted by Gasteiger charge is -1.99. The normalized spacial score (nSPS) is 9.92. The second kappa shape index (κ2) is 4.65. The molecule has 0 unspecified atom stereocenters. The number of carbonyl (C=O) groups excluding carboxylic acids is 1. The molecule has 0 aliphatic heterocycles. The molecule has 0 saturated heterocycles. The lowest BCUT2D eigenvalue weighted by molar-refractivity contribution is 0.0980. The molecule has 0 saturated carbocycles. The van der Waals surface area contributed by atoms with Crippen molar-refractivity contribution >= 4 is 11.5 Å². The average Bonchev–Trinajstić information content (AvgIpc) is 2.15. The number of carbonyl (C=O) groups is 1. The summed E-state index contributed by atoms with van der Waals surface area (Å²) in [6.07, 6.45) is 2.23. The van der Waals surface area contributed by atoms with Gasteiger partial charge in [0.25, 0.3) is 0 Å². The predicted octanol–water partition coefficient (Wildman–Crippen LogP) is 2.46. The number of benzene rings is 1. The number of hydrogen-bond donors (Lipinski definition) is 1. The Bertz CT molecular complexity index is 277. The number of anilines is 1. The Balaban J connectivity index is 2.61. The molecule has 1 aromatic carbocycles. The van der Waals surface area contributed by atoms with Gasteiger partial charge in [0.05, 0.1) is 0 Å². The number of nitrogens with two attached hydrogens (primary N) is 1. The molecule has 0 atom stereocenters. The van der Waals surface area contributed by atoms with E-state index in [4.69, 9.17) is 5.73 Å². The minimum absolute atomic E-state index is 0.170. The number of rotatable bonds is 4. The highest BCUT2D eigenvalue weighted by Gasteiger charge is 2.03. The largest absolute Gasteiger partial charge is 0.399 e. The molecule has 2 N–H and O–H groups in total. The summed E-state index contributed by atoms with van der Waals surface area (Å²) >= 11 is 0. The second-order valence-corrected chi connectivity index (χ2v) is 3.00. The van der Waals surface area contributed by atoms with Gasteiger partial charge in [-0.15, -0.1) is 0 Å². The van der Waals surface area contributed by atoms with Crippen LogP contribution in [0.2, 0.25) is 0 Å². The van der Waals surface area contributed by atoms with Crippen molar-refractivity contribution in [1.82, 2.24) is 0 Å². The van der Waals surface area contributed by atoms with Crippen LogP contribution in [-0.4, -0.2) is 5.78 Å². The van der Waals surface area contributed by atoms with Crippen LogP contribution in [0.4, 0.5) is 5.69 Å². The molecule has 13 heavy (non-hydrogen) atoms. The molecule has 0 heterocycles. The first-order valence-electron chi connectivity index (χ1n) is 4.42. The van der Waals surface area contributed by atoms with E-state index in [-0.39, 0.29) is 5.78 Å². The molecule has 1 radical (unpaired) electrons. The van der Waals surface area contributed by atoms with Gasteiger partial charge in [0, 0.05) is 17.7 Å². The zero-order valence-corrected chi connectivity index (χ0v) is 7.62. The van der Waals surface area contributed by atoms with Crippen LogP contribution in [0.1, 0.15) is 29.6 Å². The van der Waals surface area contributed by atoms with Crippen LogP contribution in [0.5, 0.6) is 0 Å². The van der Waals surface area contributed by atoms with E-state index in [0.29, 0.717) is 12.1 Å². The molecule has 1 aromatic rings. The summed E-state index contributed by atoms with van der Waals surface area (Å²) in [6.45, 7) is 3.69. The summed E-state index contributed by atoms with van der Waals surface area (Å²) in [5, 5.41) is 0. The molecule has 0 fully saturated rings. The third-order valence-corrected chi connectivity index (χ3v) is 1.89. The van der Waals surface area contributed by atoms with Crippen molar-refractivity contribution < 1.29 is 4.79 Å². The van der Waals surface area contributed by atoms with Gasteiger partial charge in [0.2, 0.25) is 0 Å². The Labute approximate surface area is 78.8 Å². The highest BCUT2D eigenvalue weighted by molar-refractivity contribution is 5.96. The SMILES string of the molecule is [CH2]CCCC(=O)c1ccc(N)cc1. The van der Waals surface area contributed by atoms with Crippen molar-refractivity contribution in [3.05, 3.63) is 36.8 Å². The van der Waals surface area contributed by atoms with Gasteiger partial charge >= 0.3 is 0 Å². The van der Waals surface area contributed by atoms with Gasteiger partial charge < -0.3 is 5.73 Å². The molecule has 0 aromatic heterocycles. The fourth-order valence-corrected chi connectivity index (χ4v) is 1.10. The molecule has 2 heteroatoms. The van der Waals surface area contributed by atoms with E-state index < -0.39 is 0 Å². The molecule has 69 valence electrons. The number of Topliss-reactive ketones (excluding diaryl/α,β-unsaturated/α-hetero) is 1. The van der Waals surface area contributed by atoms with Crippen molar-refractivity contribution in [2.75, 3.05) is 5.73 Å². The van der Waals surface area contributed by atoms with Crippen molar-refractivity contribution in [2.24, 2.45) is 0 Å². The molecular weight excluding hydrogens is 162 g/mol. The Kier molecular flexibility index (Phi) is 3.50. The zero-order chi connectivity index (χ0) is 9.68. The van der Waals surface area contributed by atoms with Crippen molar-refractivity contribution in [3.63, 3.8) is 0 Å².